The molecule has 1 atom stereocenters. The van der Waals surface area contributed by atoms with Gasteiger partial charge in [-0.15, -0.1) is 0 Å². The number of alkyl halides is 3. The summed E-state index contributed by atoms with van der Waals surface area (Å²) in [5.41, 5.74) is 0.414. The molecule has 0 aliphatic carbocycles. The molecule has 0 N–H and O–H groups in total. The molecular formula is C17H20F5NO. The third-order valence-electron chi connectivity index (χ3n) is 4.33. The van der Waals surface area contributed by atoms with Crippen molar-refractivity contribution in [3.63, 3.8) is 0 Å². The summed E-state index contributed by atoms with van der Waals surface area (Å²) < 4.78 is 63.1. The molecule has 134 valence electrons. The molecule has 1 amide bonds. The van der Waals surface area contributed by atoms with Gasteiger partial charge in [-0.1, -0.05) is 6.07 Å². The maximum absolute atomic E-state index is 13.6. The highest BCUT2D eigenvalue weighted by Gasteiger charge is 2.30. The number of amides is 1. The second-order valence-electron chi connectivity index (χ2n) is 6.24. The second kappa shape index (κ2) is 7.94. The predicted molar refractivity (Wildman–Crippen MR) is 79.3 cm³/mol. The number of carbonyl (C=O) groups excluding carboxylic acids is 1. The lowest BCUT2D eigenvalue weighted by atomic mass is 9.91. The summed E-state index contributed by atoms with van der Waals surface area (Å²) in [5.74, 6) is -1.58. The Hall–Kier alpha value is -1.66. The molecule has 1 saturated heterocycles. The van der Waals surface area contributed by atoms with Crippen molar-refractivity contribution in [2.75, 3.05) is 13.1 Å². The summed E-state index contributed by atoms with van der Waals surface area (Å²) in [7, 11) is 0. The molecule has 1 aliphatic heterocycles. The third-order valence-corrected chi connectivity index (χ3v) is 4.33. The number of hydrogen-bond donors (Lipinski definition) is 0. The van der Waals surface area contributed by atoms with Gasteiger partial charge in [0.2, 0.25) is 5.91 Å². The quantitative estimate of drug-likeness (QED) is 0.718. The Kier molecular flexibility index (Phi) is 6.18. The van der Waals surface area contributed by atoms with Gasteiger partial charge in [-0.2, -0.15) is 13.2 Å². The van der Waals surface area contributed by atoms with Crippen molar-refractivity contribution in [2.24, 2.45) is 5.92 Å². The molecule has 0 radical (unpaired) electrons. The van der Waals surface area contributed by atoms with Crippen LogP contribution >= 0.6 is 0 Å². The molecule has 0 saturated carbocycles. The van der Waals surface area contributed by atoms with E-state index in [-0.39, 0.29) is 5.92 Å². The highest BCUT2D eigenvalue weighted by atomic mass is 19.4. The molecule has 1 aromatic rings. The van der Waals surface area contributed by atoms with Gasteiger partial charge in [-0.25, -0.2) is 8.78 Å². The van der Waals surface area contributed by atoms with E-state index < -0.39 is 36.6 Å². The molecule has 2 rings (SSSR count). The first-order chi connectivity index (χ1) is 11.2. The van der Waals surface area contributed by atoms with E-state index >= 15 is 0 Å². The molecule has 1 heterocycles. The molecule has 1 fully saturated rings. The smallest absolute Gasteiger partial charge is 0.342 e. The van der Waals surface area contributed by atoms with Gasteiger partial charge in [0.15, 0.2) is 0 Å². The maximum Gasteiger partial charge on any atom is 0.389 e. The van der Waals surface area contributed by atoms with E-state index in [1.54, 1.807) is 0 Å². The van der Waals surface area contributed by atoms with E-state index in [9.17, 15) is 26.7 Å². The lowest BCUT2D eigenvalue weighted by Crippen LogP contribution is -2.40. The molecule has 1 aliphatic rings. The van der Waals surface area contributed by atoms with Gasteiger partial charge in [-0.05, 0) is 43.2 Å². The molecule has 0 bridgehead atoms. The molecule has 24 heavy (non-hydrogen) atoms. The number of likely N-dealkylation sites (tertiary alicyclic amines) is 1. The van der Waals surface area contributed by atoms with Crippen molar-refractivity contribution in [2.45, 2.75) is 44.7 Å². The zero-order valence-corrected chi connectivity index (χ0v) is 13.2. The first-order valence-corrected chi connectivity index (χ1v) is 8.03. The Labute approximate surface area is 137 Å². The summed E-state index contributed by atoms with van der Waals surface area (Å²) >= 11 is 0. The van der Waals surface area contributed by atoms with Crippen LogP contribution in [0.1, 0.15) is 37.7 Å². The molecule has 0 spiro atoms. The van der Waals surface area contributed by atoms with Crippen LogP contribution in [0.5, 0.6) is 0 Å². The van der Waals surface area contributed by atoms with Crippen LogP contribution in [0.4, 0.5) is 22.0 Å². The lowest BCUT2D eigenvalue weighted by molar-refractivity contribution is -0.150. The number of piperidine rings is 1. The van der Waals surface area contributed by atoms with Crippen molar-refractivity contribution in [1.29, 1.82) is 0 Å². The number of rotatable bonds is 5. The highest BCUT2D eigenvalue weighted by Crippen LogP contribution is 2.25. The van der Waals surface area contributed by atoms with Gasteiger partial charge in [0.25, 0.3) is 0 Å². The Balaban J connectivity index is 1.83. The normalized spacial score (nSPS) is 18.7. The van der Waals surface area contributed by atoms with Gasteiger partial charge in [0, 0.05) is 25.6 Å². The minimum absolute atomic E-state index is 0.123. The monoisotopic (exact) mass is 349 g/mol. The minimum Gasteiger partial charge on any atom is -0.342 e. The van der Waals surface area contributed by atoms with Crippen LogP contribution < -0.4 is 0 Å². The number of carbonyl (C=O) groups is 1. The highest BCUT2D eigenvalue weighted by molar-refractivity contribution is 5.76. The van der Waals surface area contributed by atoms with Crippen molar-refractivity contribution < 1.29 is 26.7 Å². The fourth-order valence-electron chi connectivity index (χ4n) is 3.02. The van der Waals surface area contributed by atoms with Gasteiger partial charge in [0.05, 0.1) is 6.42 Å². The molecular weight excluding hydrogens is 329 g/mol. The van der Waals surface area contributed by atoms with Crippen LogP contribution in [-0.4, -0.2) is 30.1 Å². The van der Waals surface area contributed by atoms with Crippen LogP contribution in [0.3, 0.4) is 0 Å². The second-order valence-corrected chi connectivity index (χ2v) is 6.24. The van der Waals surface area contributed by atoms with Crippen molar-refractivity contribution in [3.8, 4) is 0 Å². The van der Waals surface area contributed by atoms with E-state index in [1.165, 1.54) is 17.0 Å². The van der Waals surface area contributed by atoms with Crippen molar-refractivity contribution >= 4 is 5.91 Å². The van der Waals surface area contributed by atoms with Crippen LogP contribution in [0.25, 0.3) is 0 Å². The fraction of sp³-hybridized carbons (Fsp3) is 0.588. The lowest BCUT2D eigenvalue weighted by Gasteiger charge is -2.33. The number of benzene rings is 1. The zero-order valence-electron chi connectivity index (χ0n) is 13.2. The maximum atomic E-state index is 13.6. The zero-order chi connectivity index (χ0) is 17.7. The minimum atomic E-state index is -4.33. The summed E-state index contributed by atoms with van der Waals surface area (Å²) in [6, 6.07) is 3.44. The standard InChI is InChI=1S/C17H20F5NO/c18-14-6-5-13(15(19)10-14)4-3-12-2-1-9-23(11-12)16(24)7-8-17(20,21)22/h5-6,10,12H,1-4,7-9,11H2/t12-/m1/s1. The molecule has 7 heteroatoms. The van der Waals surface area contributed by atoms with Crippen LogP contribution in [0.15, 0.2) is 18.2 Å². The van der Waals surface area contributed by atoms with Crippen molar-refractivity contribution in [3.05, 3.63) is 35.4 Å². The van der Waals surface area contributed by atoms with Gasteiger partial charge in [-0.3, -0.25) is 4.79 Å². The van der Waals surface area contributed by atoms with E-state index in [0.717, 1.165) is 18.9 Å². The average molecular weight is 349 g/mol. The Morgan fingerprint density at radius 1 is 1.25 bits per heavy atom. The number of nitrogens with zero attached hydrogens (tertiary/aromatic N) is 1. The first kappa shape index (κ1) is 18.7. The third kappa shape index (κ3) is 5.76. The number of hydrogen-bond acceptors (Lipinski definition) is 1. The van der Waals surface area contributed by atoms with Gasteiger partial charge >= 0.3 is 6.18 Å². The molecule has 2 nitrogen and oxygen atoms in total. The van der Waals surface area contributed by atoms with Gasteiger partial charge < -0.3 is 4.90 Å². The summed E-state index contributed by atoms with van der Waals surface area (Å²) in [4.78, 5) is 13.4. The summed E-state index contributed by atoms with van der Waals surface area (Å²) in [5, 5.41) is 0. The Morgan fingerprint density at radius 3 is 2.67 bits per heavy atom. The van der Waals surface area contributed by atoms with E-state index in [1.807, 2.05) is 0 Å². The van der Waals surface area contributed by atoms with Crippen LogP contribution in [0, 0.1) is 17.6 Å². The number of aryl methyl sites for hydroxylation is 1. The molecule has 0 aromatic heterocycles. The van der Waals surface area contributed by atoms with Crippen molar-refractivity contribution in [1.82, 2.24) is 4.90 Å². The van der Waals surface area contributed by atoms with E-state index in [0.29, 0.717) is 31.5 Å². The average Bonchev–Trinajstić information content (AvgIpc) is 2.51. The van der Waals surface area contributed by atoms with Gasteiger partial charge in [0.1, 0.15) is 11.6 Å². The van der Waals surface area contributed by atoms with E-state index in [2.05, 4.69) is 0 Å². The largest absolute Gasteiger partial charge is 0.389 e. The SMILES string of the molecule is O=C(CCC(F)(F)F)N1CCC[C@H](CCc2ccc(F)cc2F)C1. The van der Waals surface area contributed by atoms with E-state index in [4.69, 9.17) is 0 Å². The molecule has 0 unspecified atom stereocenters. The topological polar surface area (TPSA) is 20.3 Å². The number of halogens is 5. The Bertz CT molecular complexity index is 573. The Morgan fingerprint density at radius 2 is 2.00 bits per heavy atom. The van der Waals surface area contributed by atoms with Crippen LogP contribution in [-0.2, 0) is 11.2 Å². The predicted octanol–water partition coefficient (Wildman–Crippen LogP) is 4.48. The summed E-state index contributed by atoms with van der Waals surface area (Å²) in [6.07, 6.45) is -3.34. The summed E-state index contributed by atoms with van der Waals surface area (Å²) in [6.45, 7) is 0.873. The fourth-order valence-corrected chi connectivity index (χ4v) is 3.02. The first-order valence-electron chi connectivity index (χ1n) is 8.03. The van der Waals surface area contributed by atoms with Crippen LogP contribution in [0.2, 0.25) is 0 Å². The molecule has 1 aromatic carbocycles.